The normalized spacial score (nSPS) is 14.5. The second-order valence-electron chi connectivity index (χ2n) is 9.24. The van der Waals surface area contributed by atoms with E-state index in [4.69, 9.17) is 18.9 Å². The van der Waals surface area contributed by atoms with Gasteiger partial charge in [0.25, 0.3) is 5.91 Å². The molecule has 0 spiro atoms. The van der Waals surface area contributed by atoms with E-state index in [-0.39, 0.29) is 42.7 Å². The van der Waals surface area contributed by atoms with Crippen LogP contribution in [0, 0.1) is 5.82 Å². The Morgan fingerprint density at radius 1 is 1.05 bits per heavy atom. The molecule has 224 valence electrons. The number of esters is 1. The van der Waals surface area contributed by atoms with Crippen LogP contribution in [0.25, 0.3) is 0 Å². The zero-order valence-electron chi connectivity index (χ0n) is 23.8. The Labute approximate surface area is 247 Å². The third-order valence-corrected chi connectivity index (χ3v) is 6.26. The highest BCUT2D eigenvalue weighted by Gasteiger charge is 2.32. The fourth-order valence-electron chi connectivity index (χ4n) is 4.22. The van der Waals surface area contributed by atoms with E-state index in [0.717, 1.165) is 0 Å². The molecule has 0 radical (unpaired) electrons. The molecule has 0 aromatic heterocycles. The Hall–Kier alpha value is -5.39. The van der Waals surface area contributed by atoms with E-state index in [1.165, 1.54) is 19.4 Å². The summed E-state index contributed by atoms with van der Waals surface area (Å²) in [4.78, 5) is 37.1. The summed E-state index contributed by atoms with van der Waals surface area (Å²) >= 11 is 0. The van der Waals surface area contributed by atoms with Crippen molar-refractivity contribution in [2.75, 3.05) is 20.3 Å². The maximum atomic E-state index is 13.8. The van der Waals surface area contributed by atoms with E-state index in [0.29, 0.717) is 28.1 Å². The SMILES string of the molecule is CCOC(=O)C1=C(C)NC(=O)N[C@@H]1c1ccc(OCC(=O)N/N=C/c2cccc(OCc3ccccc3F)c2)c(OC)c1. The molecule has 3 aromatic rings. The molecule has 0 bridgehead atoms. The predicted octanol–water partition coefficient (Wildman–Crippen LogP) is 4.13. The Balaban J connectivity index is 1.34. The fourth-order valence-corrected chi connectivity index (χ4v) is 4.22. The number of allylic oxidation sites excluding steroid dienone is 1. The van der Waals surface area contributed by atoms with Crippen molar-refractivity contribution in [2.24, 2.45) is 5.10 Å². The van der Waals surface area contributed by atoms with Crippen molar-refractivity contribution in [1.29, 1.82) is 0 Å². The predicted molar refractivity (Wildman–Crippen MR) is 155 cm³/mol. The fraction of sp³-hybridized carbons (Fsp3) is 0.226. The van der Waals surface area contributed by atoms with Gasteiger partial charge >= 0.3 is 12.0 Å². The Kier molecular flexibility index (Phi) is 10.3. The second kappa shape index (κ2) is 14.5. The van der Waals surface area contributed by atoms with Gasteiger partial charge in [-0.3, -0.25) is 4.79 Å². The summed E-state index contributed by atoms with van der Waals surface area (Å²) in [5.74, 6) is -0.358. The molecule has 43 heavy (non-hydrogen) atoms. The third kappa shape index (κ3) is 8.09. The monoisotopic (exact) mass is 590 g/mol. The van der Waals surface area contributed by atoms with Crippen molar-refractivity contribution in [3.05, 3.63) is 101 Å². The first-order chi connectivity index (χ1) is 20.8. The number of amides is 3. The minimum Gasteiger partial charge on any atom is -0.493 e. The van der Waals surface area contributed by atoms with Crippen LogP contribution in [0.5, 0.6) is 17.2 Å². The number of ether oxygens (including phenoxy) is 4. The summed E-state index contributed by atoms with van der Waals surface area (Å²) < 4.78 is 35.7. The molecule has 12 heteroatoms. The molecule has 0 fully saturated rings. The number of methoxy groups -OCH3 is 1. The standard InChI is InChI=1S/C31H31FN4O7/c1-4-41-30(38)28-19(2)34-31(39)35-29(28)21-12-13-25(26(15-21)40-3)43-18-27(37)36-33-16-20-8-7-10-23(14-20)42-17-22-9-5-6-11-24(22)32/h5-16,29H,4,17-18H2,1-3H3,(H,36,37)(H2,34,35,39)/b33-16+/t29-/m1/s1. The highest BCUT2D eigenvalue weighted by atomic mass is 19.1. The van der Waals surface area contributed by atoms with Gasteiger partial charge in [0.1, 0.15) is 18.2 Å². The van der Waals surface area contributed by atoms with Gasteiger partial charge in [-0.2, -0.15) is 5.10 Å². The van der Waals surface area contributed by atoms with Gasteiger partial charge in [-0.15, -0.1) is 0 Å². The number of urea groups is 1. The molecule has 0 saturated heterocycles. The average Bonchev–Trinajstić information content (AvgIpc) is 2.99. The van der Waals surface area contributed by atoms with Gasteiger partial charge in [-0.25, -0.2) is 19.4 Å². The maximum Gasteiger partial charge on any atom is 0.338 e. The van der Waals surface area contributed by atoms with E-state index in [2.05, 4.69) is 21.2 Å². The van der Waals surface area contributed by atoms with Crippen molar-refractivity contribution in [1.82, 2.24) is 16.1 Å². The molecule has 3 amide bonds. The number of carbonyl (C=O) groups excluding carboxylic acids is 3. The summed E-state index contributed by atoms with van der Waals surface area (Å²) in [6.07, 6.45) is 1.44. The largest absolute Gasteiger partial charge is 0.493 e. The molecule has 4 rings (SSSR count). The van der Waals surface area contributed by atoms with Gasteiger partial charge in [-0.05, 0) is 55.3 Å². The highest BCUT2D eigenvalue weighted by Crippen LogP contribution is 2.34. The van der Waals surface area contributed by atoms with Crippen LogP contribution in [-0.2, 0) is 20.9 Å². The van der Waals surface area contributed by atoms with Gasteiger partial charge in [0.15, 0.2) is 18.1 Å². The molecule has 1 atom stereocenters. The minimum absolute atomic E-state index is 0.0706. The molecule has 0 saturated carbocycles. The van der Waals surface area contributed by atoms with Crippen molar-refractivity contribution in [3.8, 4) is 17.2 Å². The van der Waals surface area contributed by atoms with Gasteiger partial charge < -0.3 is 29.6 Å². The summed E-state index contributed by atoms with van der Waals surface area (Å²) in [7, 11) is 1.43. The number of hydrazone groups is 1. The lowest BCUT2D eigenvalue weighted by molar-refractivity contribution is -0.139. The van der Waals surface area contributed by atoms with Gasteiger partial charge in [-0.1, -0.05) is 36.4 Å². The number of rotatable bonds is 12. The van der Waals surface area contributed by atoms with Gasteiger partial charge in [0.05, 0.1) is 31.5 Å². The maximum absolute atomic E-state index is 13.8. The summed E-state index contributed by atoms with van der Waals surface area (Å²) in [6.45, 7) is 3.19. The first kappa shape index (κ1) is 30.6. The number of hydrogen-bond donors (Lipinski definition) is 3. The molecule has 1 aliphatic heterocycles. The van der Waals surface area contributed by atoms with Crippen LogP contribution >= 0.6 is 0 Å². The Bertz CT molecular complexity index is 1560. The quantitative estimate of drug-likeness (QED) is 0.164. The van der Waals surface area contributed by atoms with Gasteiger partial charge in [0.2, 0.25) is 0 Å². The molecule has 3 N–H and O–H groups in total. The van der Waals surface area contributed by atoms with Crippen molar-refractivity contribution >= 4 is 24.1 Å². The molecule has 3 aromatic carbocycles. The molecule has 0 aliphatic carbocycles. The third-order valence-electron chi connectivity index (χ3n) is 6.26. The first-order valence-electron chi connectivity index (χ1n) is 13.3. The zero-order chi connectivity index (χ0) is 30.8. The lowest BCUT2D eigenvalue weighted by Gasteiger charge is -2.28. The van der Waals surface area contributed by atoms with Crippen molar-refractivity contribution in [3.63, 3.8) is 0 Å². The number of nitrogens with zero attached hydrogens (tertiary/aromatic N) is 1. The highest BCUT2D eigenvalue weighted by molar-refractivity contribution is 5.95. The van der Waals surface area contributed by atoms with Crippen LogP contribution in [0.1, 0.15) is 36.6 Å². The molecule has 1 aliphatic rings. The molecular formula is C31H31FN4O7. The van der Waals surface area contributed by atoms with Crippen LogP contribution in [0.2, 0.25) is 0 Å². The number of hydrogen-bond acceptors (Lipinski definition) is 8. The molecular weight excluding hydrogens is 559 g/mol. The first-order valence-corrected chi connectivity index (χ1v) is 13.3. The zero-order valence-corrected chi connectivity index (χ0v) is 23.8. The smallest absolute Gasteiger partial charge is 0.338 e. The van der Waals surface area contributed by atoms with Crippen LogP contribution in [0.4, 0.5) is 9.18 Å². The van der Waals surface area contributed by atoms with Crippen molar-refractivity contribution in [2.45, 2.75) is 26.5 Å². The van der Waals surface area contributed by atoms with Crippen molar-refractivity contribution < 1.29 is 37.7 Å². The van der Waals surface area contributed by atoms with Gasteiger partial charge in [0, 0.05) is 11.3 Å². The number of nitrogens with one attached hydrogen (secondary N) is 3. The van der Waals surface area contributed by atoms with E-state index in [1.807, 2.05) is 0 Å². The van der Waals surface area contributed by atoms with Crippen LogP contribution in [0.15, 0.2) is 83.1 Å². The average molecular weight is 591 g/mol. The van der Waals surface area contributed by atoms with Crippen LogP contribution < -0.4 is 30.3 Å². The lowest BCUT2D eigenvalue weighted by Crippen LogP contribution is -2.45. The molecule has 11 nitrogen and oxygen atoms in total. The topological polar surface area (TPSA) is 137 Å². The second-order valence-corrected chi connectivity index (χ2v) is 9.24. The molecule has 1 heterocycles. The number of carbonyl (C=O) groups is 3. The summed E-state index contributed by atoms with van der Waals surface area (Å²) in [5, 5.41) is 9.26. The van der Waals surface area contributed by atoms with Crippen LogP contribution in [0.3, 0.4) is 0 Å². The summed E-state index contributed by atoms with van der Waals surface area (Å²) in [6, 6.07) is 16.9. The van der Waals surface area contributed by atoms with E-state index >= 15 is 0 Å². The summed E-state index contributed by atoms with van der Waals surface area (Å²) in [5.41, 5.74) is 4.67. The number of halogens is 1. The Morgan fingerprint density at radius 3 is 2.63 bits per heavy atom. The van der Waals surface area contributed by atoms with Crippen LogP contribution in [-0.4, -0.2) is 44.4 Å². The van der Waals surface area contributed by atoms with E-state index in [9.17, 15) is 18.8 Å². The van der Waals surface area contributed by atoms with E-state index < -0.39 is 23.9 Å². The molecule has 0 unspecified atom stereocenters. The minimum atomic E-state index is -0.781. The lowest BCUT2D eigenvalue weighted by atomic mass is 9.95. The Morgan fingerprint density at radius 2 is 1.86 bits per heavy atom. The van der Waals surface area contributed by atoms with E-state index in [1.54, 1.807) is 74.5 Å². The number of benzene rings is 3.